The molecule has 0 aliphatic heterocycles. The molecule has 6 heteroatoms. The maximum Gasteiger partial charge on any atom is 0.341 e. The molecular weight excluding hydrogens is 314 g/mol. The molecule has 19 heavy (non-hydrogen) atoms. The second-order valence-electron chi connectivity index (χ2n) is 4.88. The lowest BCUT2D eigenvalue weighted by molar-refractivity contribution is -0.0396. The third-order valence-corrected chi connectivity index (χ3v) is 3.91. The number of nitrogens with one attached hydrogen (secondary N) is 1. The van der Waals surface area contributed by atoms with Crippen molar-refractivity contribution in [2.75, 3.05) is 13.7 Å². The maximum atomic E-state index is 11.5. The largest absolute Gasteiger partial charge is 0.465 e. The summed E-state index contributed by atoms with van der Waals surface area (Å²) in [6.45, 7) is 1.13. The molecule has 1 aliphatic rings. The van der Waals surface area contributed by atoms with Gasteiger partial charge in [-0.1, -0.05) is 0 Å². The first-order valence-corrected chi connectivity index (χ1v) is 7.13. The molecule has 1 aromatic rings. The molecule has 2 rings (SSSR count). The molecule has 0 saturated heterocycles. The van der Waals surface area contributed by atoms with E-state index in [1.54, 1.807) is 6.07 Å². The van der Waals surface area contributed by atoms with Crippen LogP contribution in [0, 0.1) is 0 Å². The summed E-state index contributed by atoms with van der Waals surface area (Å²) in [7, 11) is 1.34. The SMILES string of the molecule is COC(=O)c1cc(Br)oc1CNCCC1(O)CCC1. The van der Waals surface area contributed by atoms with Gasteiger partial charge in [-0.3, -0.25) is 0 Å². The fourth-order valence-corrected chi connectivity index (χ4v) is 2.59. The number of hydrogen-bond acceptors (Lipinski definition) is 5. The Labute approximate surface area is 120 Å². The van der Waals surface area contributed by atoms with E-state index in [1.165, 1.54) is 7.11 Å². The van der Waals surface area contributed by atoms with Crippen LogP contribution in [0.3, 0.4) is 0 Å². The minimum Gasteiger partial charge on any atom is -0.465 e. The third-order valence-electron chi connectivity index (χ3n) is 3.52. The standard InChI is InChI=1S/C13H18BrNO4/c1-18-12(16)9-7-11(14)19-10(9)8-15-6-5-13(17)3-2-4-13/h7,15,17H,2-6,8H2,1H3. The van der Waals surface area contributed by atoms with E-state index < -0.39 is 11.6 Å². The second kappa shape index (κ2) is 6.07. The second-order valence-corrected chi connectivity index (χ2v) is 5.67. The van der Waals surface area contributed by atoms with E-state index in [-0.39, 0.29) is 0 Å². The van der Waals surface area contributed by atoms with Crippen LogP contribution in [-0.4, -0.2) is 30.3 Å². The van der Waals surface area contributed by atoms with Crippen molar-refractivity contribution >= 4 is 21.9 Å². The molecule has 2 N–H and O–H groups in total. The van der Waals surface area contributed by atoms with Gasteiger partial charge in [0, 0.05) is 6.07 Å². The van der Waals surface area contributed by atoms with Crippen molar-refractivity contribution in [3.8, 4) is 0 Å². The highest BCUT2D eigenvalue weighted by molar-refractivity contribution is 9.10. The number of halogens is 1. The van der Waals surface area contributed by atoms with Crippen molar-refractivity contribution in [2.45, 2.75) is 37.8 Å². The van der Waals surface area contributed by atoms with Crippen LogP contribution in [0.5, 0.6) is 0 Å². The smallest absolute Gasteiger partial charge is 0.341 e. The van der Waals surface area contributed by atoms with Crippen LogP contribution in [0.4, 0.5) is 0 Å². The minimum atomic E-state index is -0.484. The lowest BCUT2D eigenvalue weighted by atomic mass is 9.78. The molecular formula is C13H18BrNO4. The number of furan rings is 1. The Bertz CT molecular complexity index is 453. The average Bonchev–Trinajstić information content (AvgIpc) is 2.73. The Hall–Kier alpha value is -0.850. The topological polar surface area (TPSA) is 71.7 Å². The van der Waals surface area contributed by atoms with E-state index in [0.717, 1.165) is 25.7 Å². The molecule has 0 aromatic carbocycles. The Morgan fingerprint density at radius 2 is 2.37 bits per heavy atom. The normalized spacial score (nSPS) is 17.0. The first-order chi connectivity index (χ1) is 9.04. The number of ether oxygens (including phenoxy) is 1. The fourth-order valence-electron chi connectivity index (χ4n) is 2.17. The molecule has 1 fully saturated rings. The zero-order chi connectivity index (χ0) is 13.9. The predicted octanol–water partition coefficient (Wildman–Crippen LogP) is 2.22. The minimum absolute atomic E-state index is 0.413. The van der Waals surface area contributed by atoms with Gasteiger partial charge in [-0.2, -0.15) is 0 Å². The maximum absolute atomic E-state index is 11.5. The average molecular weight is 332 g/mol. The van der Waals surface area contributed by atoms with Gasteiger partial charge in [0.2, 0.25) is 0 Å². The van der Waals surface area contributed by atoms with E-state index in [1.807, 2.05) is 0 Å². The van der Waals surface area contributed by atoms with Gasteiger partial charge in [-0.15, -0.1) is 0 Å². The van der Waals surface area contributed by atoms with E-state index in [9.17, 15) is 9.90 Å². The van der Waals surface area contributed by atoms with Gasteiger partial charge in [-0.05, 0) is 48.2 Å². The summed E-state index contributed by atoms with van der Waals surface area (Å²) in [4.78, 5) is 11.5. The molecule has 0 atom stereocenters. The number of aliphatic hydroxyl groups is 1. The summed E-state index contributed by atoms with van der Waals surface area (Å²) in [5.74, 6) is 0.128. The number of carbonyl (C=O) groups excluding carboxylic acids is 1. The van der Waals surface area contributed by atoms with Gasteiger partial charge in [0.25, 0.3) is 0 Å². The molecule has 1 saturated carbocycles. The van der Waals surface area contributed by atoms with Gasteiger partial charge in [0.15, 0.2) is 4.67 Å². The Kier molecular flexibility index (Phi) is 4.65. The molecule has 0 radical (unpaired) electrons. The number of esters is 1. The van der Waals surface area contributed by atoms with Crippen molar-refractivity contribution in [3.05, 3.63) is 22.1 Å². The molecule has 0 unspecified atom stereocenters. The monoisotopic (exact) mass is 331 g/mol. The van der Waals surface area contributed by atoms with Crippen LogP contribution in [0.15, 0.2) is 15.2 Å². The molecule has 1 aliphatic carbocycles. The van der Waals surface area contributed by atoms with Crippen LogP contribution in [0.2, 0.25) is 0 Å². The van der Waals surface area contributed by atoms with Crippen LogP contribution in [0.1, 0.15) is 41.8 Å². The van der Waals surface area contributed by atoms with E-state index >= 15 is 0 Å². The zero-order valence-corrected chi connectivity index (χ0v) is 12.5. The van der Waals surface area contributed by atoms with Crippen molar-refractivity contribution in [3.63, 3.8) is 0 Å². The summed E-state index contributed by atoms with van der Waals surface area (Å²) in [6.07, 6.45) is 3.60. The Morgan fingerprint density at radius 3 is 2.95 bits per heavy atom. The summed E-state index contributed by atoms with van der Waals surface area (Å²) in [5.41, 5.74) is -0.0636. The summed E-state index contributed by atoms with van der Waals surface area (Å²) >= 11 is 3.20. The van der Waals surface area contributed by atoms with E-state index in [0.29, 0.717) is 29.1 Å². The van der Waals surface area contributed by atoms with Gasteiger partial charge < -0.3 is 19.6 Å². The molecule has 0 spiro atoms. The van der Waals surface area contributed by atoms with Crippen molar-refractivity contribution < 1.29 is 19.1 Å². The highest BCUT2D eigenvalue weighted by Crippen LogP contribution is 2.34. The molecule has 0 bridgehead atoms. The van der Waals surface area contributed by atoms with Crippen molar-refractivity contribution in [1.82, 2.24) is 5.32 Å². The van der Waals surface area contributed by atoms with Crippen LogP contribution in [0.25, 0.3) is 0 Å². The third kappa shape index (κ3) is 3.58. The molecule has 0 amide bonds. The number of rotatable bonds is 6. The Balaban J connectivity index is 1.83. The fraction of sp³-hybridized carbons (Fsp3) is 0.615. The van der Waals surface area contributed by atoms with Gasteiger partial charge in [-0.25, -0.2) is 4.79 Å². The number of hydrogen-bond donors (Lipinski definition) is 2. The molecule has 1 aromatic heterocycles. The summed E-state index contributed by atoms with van der Waals surface area (Å²) in [5, 5.41) is 13.1. The van der Waals surface area contributed by atoms with E-state index in [2.05, 4.69) is 26.0 Å². The lowest BCUT2D eigenvalue weighted by Crippen LogP contribution is -2.39. The highest BCUT2D eigenvalue weighted by atomic mass is 79.9. The van der Waals surface area contributed by atoms with E-state index in [4.69, 9.17) is 4.42 Å². The molecule has 1 heterocycles. The van der Waals surface area contributed by atoms with Gasteiger partial charge in [0.1, 0.15) is 11.3 Å². The van der Waals surface area contributed by atoms with Gasteiger partial charge in [0.05, 0.1) is 19.3 Å². The zero-order valence-electron chi connectivity index (χ0n) is 10.9. The first kappa shape index (κ1) is 14.6. The highest BCUT2D eigenvalue weighted by Gasteiger charge is 2.33. The Morgan fingerprint density at radius 1 is 1.63 bits per heavy atom. The summed E-state index contributed by atoms with van der Waals surface area (Å²) < 4.78 is 10.6. The quantitative estimate of drug-likeness (QED) is 0.617. The van der Waals surface area contributed by atoms with Gasteiger partial charge >= 0.3 is 5.97 Å². The van der Waals surface area contributed by atoms with Crippen LogP contribution >= 0.6 is 15.9 Å². The first-order valence-electron chi connectivity index (χ1n) is 6.34. The summed E-state index contributed by atoms with van der Waals surface area (Å²) in [6, 6.07) is 1.60. The van der Waals surface area contributed by atoms with Crippen molar-refractivity contribution in [2.24, 2.45) is 0 Å². The van der Waals surface area contributed by atoms with Crippen LogP contribution in [-0.2, 0) is 11.3 Å². The number of carbonyl (C=O) groups is 1. The molecule has 5 nitrogen and oxygen atoms in total. The van der Waals surface area contributed by atoms with Crippen molar-refractivity contribution in [1.29, 1.82) is 0 Å². The molecule has 106 valence electrons. The lowest BCUT2D eigenvalue weighted by Gasteiger charge is -2.36. The van der Waals surface area contributed by atoms with Crippen LogP contribution < -0.4 is 5.32 Å². The number of methoxy groups -OCH3 is 1. The predicted molar refractivity (Wildman–Crippen MR) is 72.9 cm³/mol.